The largest absolute Gasteiger partial charge is 4.00 e. The smallest absolute Gasteiger partial charge is 0.870 e. The van der Waals surface area contributed by atoms with Crippen LogP contribution in [0.5, 0.6) is 0 Å². The molecule has 0 radical (unpaired) electrons. The van der Waals surface area contributed by atoms with Gasteiger partial charge in [0.2, 0.25) is 0 Å². The van der Waals surface area contributed by atoms with E-state index in [0.29, 0.717) is 0 Å². The number of esters is 2. The van der Waals surface area contributed by atoms with Crippen molar-refractivity contribution in [3.8, 4) is 0 Å². The molecule has 3 aliphatic rings. The topological polar surface area (TPSA) is 268 Å². The number of nitrogens with one attached hydrogen (secondary N) is 2. The first-order valence-corrected chi connectivity index (χ1v) is 9.58. The molecule has 8 N–H and O–H groups in total. The molecule has 6 atom stereocenters. The van der Waals surface area contributed by atoms with Crippen molar-refractivity contribution >= 4 is 11.9 Å². The number of aliphatic hydroxyl groups excluding tert-OH is 6. The summed E-state index contributed by atoms with van der Waals surface area (Å²) >= 11 is 0. The summed E-state index contributed by atoms with van der Waals surface area (Å²) in [6.45, 7) is -1.42. The first-order chi connectivity index (χ1) is 15.0. The van der Waals surface area contributed by atoms with Crippen molar-refractivity contribution in [3.05, 3.63) is 34.5 Å². The Morgan fingerprint density at radius 2 is 1.12 bits per heavy atom. The number of aliphatic hydroxyl groups is 6. The SMILES string of the molecule is O=C1O[C@H]([C@@H](O)CO)C([O-])=C1O.O=C1O[C@H]([C@@H](O)CO)C([O-])=C1O.[NH-]C1CCCCC1[NH-].[Pt+4]. The fraction of sp³-hybridized carbons (Fsp3) is 0.667. The molecule has 15 heteroatoms. The molecular formula is C18H26N2O12Pt. The summed E-state index contributed by atoms with van der Waals surface area (Å²) < 4.78 is 8.51. The second-order valence-electron chi connectivity index (χ2n) is 7.07. The van der Waals surface area contributed by atoms with Crippen molar-refractivity contribution in [3.63, 3.8) is 0 Å². The van der Waals surface area contributed by atoms with Gasteiger partial charge < -0.3 is 61.8 Å². The Morgan fingerprint density at radius 1 is 0.818 bits per heavy atom. The van der Waals surface area contributed by atoms with E-state index < -0.39 is 72.6 Å². The average Bonchev–Trinajstić information content (AvgIpc) is 3.20. The van der Waals surface area contributed by atoms with Gasteiger partial charge in [-0.1, -0.05) is 25.7 Å². The molecule has 3 rings (SSSR count). The monoisotopic (exact) mass is 657 g/mol. The van der Waals surface area contributed by atoms with Gasteiger partial charge in [0.25, 0.3) is 0 Å². The van der Waals surface area contributed by atoms with Gasteiger partial charge >= 0.3 is 33.0 Å². The van der Waals surface area contributed by atoms with Crippen molar-refractivity contribution in [1.82, 2.24) is 0 Å². The molecule has 0 aromatic carbocycles. The minimum Gasteiger partial charge on any atom is -0.870 e. The van der Waals surface area contributed by atoms with Gasteiger partial charge in [-0.25, -0.2) is 9.59 Å². The van der Waals surface area contributed by atoms with Crippen molar-refractivity contribution in [1.29, 1.82) is 0 Å². The van der Waals surface area contributed by atoms with Gasteiger partial charge in [0.15, 0.2) is 11.5 Å². The van der Waals surface area contributed by atoms with Crippen molar-refractivity contribution < 1.29 is 81.0 Å². The molecule has 1 saturated carbocycles. The Morgan fingerprint density at radius 3 is 1.30 bits per heavy atom. The number of carbonyl (C=O) groups excluding carboxylic acids is 2. The van der Waals surface area contributed by atoms with Crippen molar-refractivity contribution in [2.24, 2.45) is 0 Å². The predicted octanol–water partition coefficient (Wildman–Crippen LogP) is -2.81. The molecule has 0 bridgehead atoms. The summed E-state index contributed by atoms with van der Waals surface area (Å²) in [5.74, 6) is -6.40. The van der Waals surface area contributed by atoms with Gasteiger partial charge in [-0.2, -0.15) is 12.1 Å². The van der Waals surface area contributed by atoms with Gasteiger partial charge in [0, 0.05) is 0 Å². The molecular weight excluding hydrogens is 631 g/mol. The number of cyclic esters (lactones) is 2. The zero-order chi connectivity index (χ0) is 24.6. The van der Waals surface area contributed by atoms with Crippen LogP contribution in [0.25, 0.3) is 11.5 Å². The molecule has 2 heterocycles. The fourth-order valence-corrected chi connectivity index (χ4v) is 2.75. The summed E-state index contributed by atoms with van der Waals surface area (Å²) in [5.41, 5.74) is 14.6. The van der Waals surface area contributed by atoms with Gasteiger partial charge in [0.1, 0.15) is 24.4 Å². The van der Waals surface area contributed by atoms with E-state index in [2.05, 4.69) is 9.47 Å². The number of rotatable bonds is 4. The molecule has 190 valence electrons. The molecule has 1 fully saturated rings. The molecule has 0 aromatic rings. The summed E-state index contributed by atoms with van der Waals surface area (Å²) in [6.07, 6.45) is -1.66. The Balaban J connectivity index is 0.000000468. The zero-order valence-corrected chi connectivity index (χ0v) is 19.4. The van der Waals surface area contributed by atoms with Crippen LogP contribution in [0.15, 0.2) is 23.0 Å². The third-order valence-corrected chi connectivity index (χ3v) is 4.68. The molecule has 33 heavy (non-hydrogen) atoms. The Hall–Kier alpha value is -1.93. The van der Waals surface area contributed by atoms with Crippen LogP contribution >= 0.6 is 0 Å². The van der Waals surface area contributed by atoms with E-state index in [9.17, 15) is 19.8 Å². The van der Waals surface area contributed by atoms with Gasteiger partial charge in [0.05, 0.1) is 13.2 Å². The molecule has 2 unspecified atom stereocenters. The minimum atomic E-state index is -1.48. The standard InChI is InChI=1S/C6H12N2.2C6H8O6.Pt/c7-5-3-1-2-4-6(5)8;2*7-1-2(8)5-3(9)4(10)6(11)12-5;/h5-8H,1-4H2;2*2,5,7-10H,1H2;/q-2;;;+4/p-2/t;2*2-,5+;/m.00./s1. The molecule has 0 spiro atoms. The Kier molecular flexibility index (Phi) is 13.5. The van der Waals surface area contributed by atoms with Crippen molar-refractivity contribution in [2.45, 2.75) is 62.2 Å². The molecule has 1 aliphatic carbocycles. The van der Waals surface area contributed by atoms with E-state index in [0.717, 1.165) is 12.8 Å². The van der Waals surface area contributed by atoms with Crippen LogP contribution in [0, 0.1) is 0 Å². The van der Waals surface area contributed by atoms with Gasteiger partial charge in [-0.05, 0) is 11.5 Å². The summed E-state index contributed by atoms with van der Waals surface area (Å²) in [7, 11) is 0. The predicted molar refractivity (Wildman–Crippen MR) is 99.9 cm³/mol. The van der Waals surface area contributed by atoms with Crippen LogP contribution in [0.1, 0.15) is 25.7 Å². The van der Waals surface area contributed by atoms with E-state index in [1.807, 2.05) is 0 Å². The molecule has 0 saturated heterocycles. The molecule has 0 amide bonds. The Bertz CT molecular complexity index is 671. The van der Waals surface area contributed by atoms with E-state index in [4.69, 9.17) is 42.1 Å². The summed E-state index contributed by atoms with van der Waals surface area (Å²) in [6, 6.07) is -0.160. The minimum absolute atomic E-state index is 0. The quantitative estimate of drug-likeness (QED) is 0.167. The maximum Gasteiger partial charge on any atom is 4.00 e. The average molecular weight is 657 g/mol. The third kappa shape index (κ3) is 8.41. The van der Waals surface area contributed by atoms with E-state index in [1.54, 1.807) is 0 Å². The van der Waals surface area contributed by atoms with Crippen LogP contribution in [-0.4, -0.2) is 92.3 Å². The number of hydrogen-bond donors (Lipinski definition) is 6. The number of ether oxygens (including phenoxy) is 2. The van der Waals surface area contributed by atoms with E-state index >= 15 is 0 Å². The van der Waals surface area contributed by atoms with E-state index in [-0.39, 0.29) is 33.1 Å². The maximum atomic E-state index is 10.8. The maximum absolute atomic E-state index is 10.8. The second kappa shape index (κ2) is 14.4. The molecule has 2 aliphatic heterocycles. The first kappa shape index (κ1) is 31.1. The number of carbonyl (C=O) groups is 2. The fourth-order valence-electron chi connectivity index (χ4n) is 2.75. The third-order valence-electron chi connectivity index (χ3n) is 4.68. The van der Waals surface area contributed by atoms with Crippen LogP contribution in [0.2, 0.25) is 0 Å². The van der Waals surface area contributed by atoms with Gasteiger partial charge in [-0.3, -0.25) is 0 Å². The molecule has 0 aromatic heterocycles. The Labute approximate surface area is 203 Å². The summed E-state index contributed by atoms with van der Waals surface area (Å²) in [5, 5.41) is 73.6. The molecule has 14 nitrogen and oxygen atoms in total. The van der Waals surface area contributed by atoms with Crippen LogP contribution < -0.4 is 10.2 Å². The number of hydrogen-bond acceptors (Lipinski definition) is 12. The van der Waals surface area contributed by atoms with Crippen LogP contribution in [0.4, 0.5) is 0 Å². The van der Waals surface area contributed by atoms with Crippen molar-refractivity contribution in [2.75, 3.05) is 13.2 Å². The van der Waals surface area contributed by atoms with Crippen LogP contribution in [-0.2, 0) is 40.1 Å². The summed E-state index contributed by atoms with van der Waals surface area (Å²) in [4.78, 5) is 21.0. The van der Waals surface area contributed by atoms with E-state index in [1.165, 1.54) is 12.8 Å². The first-order valence-electron chi connectivity index (χ1n) is 9.58. The van der Waals surface area contributed by atoms with Crippen LogP contribution in [0.3, 0.4) is 0 Å². The second-order valence-corrected chi connectivity index (χ2v) is 7.07. The zero-order valence-electron chi connectivity index (χ0n) is 17.2. The van der Waals surface area contributed by atoms with Gasteiger partial charge in [-0.15, -0.1) is 0 Å². The normalized spacial score (nSPS) is 28.4.